The van der Waals surface area contributed by atoms with E-state index in [0.29, 0.717) is 26.2 Å². The highest BCUT2D eigenvalue weighted by molar-refractivity contribution is 5.71. The maximum atomic E-state index is 11.7. The molecule has 0 aromatic heterocycles. The normalized spacial score (nSPS) is 11.6. The summed E-state index contributed by atoms with van der Waals surface area (Å²) in [6.07, 6.45) is -3.83. The van der Waals surface area contributed by atoms with Crippen LogP contribution in [0, 0.1) is 0 Å². The fraction of sp³-hybridized carbons (Fsp3) is 0.900. The molecule has 0 heterocycles. The van der Waals surface area contributed by atoms with Crippen LogP contribution in [0.3, 0.4) is 0 Å². The van der Waals surface area contributed by atoms with Gasteiger partial charge in [-0.2, -0.15) is 13.2 Å². The molecular formula is C10H18F3NO4. The summed E-state index contributed by atoms with van der Waals surface area (Å²) in [7, 11) is 1.55. The zero-order valence-corrected chi connectivity index (χ0v) is 10.2. The van der Waals surface area contributed by atoms with Gasteiger partial charge < -0.3 is 14.2 Å². The molecule has 0 aliphatic carbocycles. The van der Waals surface area contributed by atoms with Crippen LogP contribution >= 0.6 is 0 Å². The first-order chi connectivity index (χ1) is 8.45. The molecule has 0 unspecified atom stereocenters. The number of hydrogen-bond donors (Lipinski definition) is 1. The molecule has 0 radical (unpaired) electrons. The fourth-order valence-corrected chi connectivity index (χ4v) is 0.949. The molecule has 5 nitrogen and oxygen atoms in total. The van der Waals surface area contributed by atoms with Crippen LogP contribution in [0.4, 0.5) is 13.2 Å². The Morgan fingerprint density at radius 1 is 1.17 bits per heavy atom. The van der Waals surface area contributed by atoms with Crippen molar-refractivity contribution < 1.29 is 32.2 Å². The second-order valence-electron chi connectivity index (χ2n) is 3.40. The van der Waals surface area contributed by atoms with Crippen molar-refractivity contribution in [3.05, 3.63) is 0 Å². The number of carbonyl (C=O) groups is 1. The largest absolute Gasteiger partial charge is 0.465 e. The maximum Gasteiger partial charge on any atom is 0.401 e. The highest BCUT2D eigenvalue weighted by atomic mass is 19.4. The number of esters is 1. The van der Waals surface area contributed by atoms with Gasteiger partial charge in [-0.25, -0.2) is 0 Å². The fourth-order valence-electron chi connectivity index (χ4n) is 0.949. The lowest BCUT2D eigenvalue weighted by atomic mass is 10.5. The maximum absolute atomic E-state index is 11.7. The third-order valence-corrected chi connectivity index (χ3v) is 1.72. The van der Waals surface area contributed by atoms with Crippen LogP contribution in [0.5, 0.6) is 0 Å². The van der Waals surface area contributed by atoms with E-state index < -0.39 is 25.2 Å². The van der Waals surface area contributed by atoms with E-state index in [9.17, 15) is 18.0 Å². The van der Waals surface area contributed by atoms with Crippen LogP contribution in [0.1, 0.15) is 6.42 Å². The molecule has 0 rings (SSSR count). The van der Waals surface area contributed by atoms with Gasteiger partial charge in [-0.3, -0.25) is 10.1 Å². The molecule has 0 spiro atoms. The summed E-state index contributed by atoms with van der Waals surface area (Å²) < 4.78 is 49.7. The summed E-state index contributed by atoms with van der Waals surface area (Å²) in [5.74, 6) is -0.712. The molecular weight excluding hydrogens is 255 g/mol. The van der Waals surface area contributed by atoms with E-state index in [0.717, 1.165) is 0 Å². The van der Waals surface area contributed by atoms with Crippen molar-refractivity contribution in [1.29, 1.82) is 0 Å². The number of nitrogens with one attached hydrogen (secondary N) is 1. The topological polar surface area (TPSA) is 56.8 Å². The summed E-state index contributed by atoms with van der Waals surface area (Å²) in [6, 6.07) is 0. The van der Waals surface area contributed by atoms with Crippen molar-refractivity contribution in [3.63, 3.8) is 0 Å². The number of methoxy groups -OCH3 is 1. The number of rotatable bonds is 10. The smallest absolute Gasteiger partial charge is 0.401 e. The molecule has 0 atom stereocenters. The predicted octanol–water partition coefficient (Wildman–Crippen LogP) is 0.735. The van der Waals surface area contributed by atoms with E-state index in [-0.39, 0.29) is 6.61 Å². The standard InChI is InChI=1S/C10H18F3NO4/c1-16-5-6-17-3-2-4-18-9(15)7-14-8-10(11,12)13/h14H,2-8H2,1H3. The Kier molecular flexibility index (Phi) is 9.62. The molecule has 0 aromatic carbocycles. The number of carbonyl (C=O) groups excluding carboxylic acids is 1. The van der Waals surface area contributed by atoms with Gasteiger partial charge in [0.05, 0.1) is 32.9 Å². The first kappa shape index (κ1) is 17.1. The average Bonchev–Trinajstić information content (AvgIpc) is 2.26. The molecule has 18 heavy (non-hydrogen) atoms. The Morgan fingerprint density at radius 2 is 1.89 bits per heavy atom. The third kappa shape index (κ3) is 13.2. The zero-order valence-electron chi connectivity index (χ0n) is 10.2. The van der Waals surface area contributed by atoms with Crippen LogP contribution < -0.4 is 5.32 Å². The first-order valence-corrected chi connectivity index (χ1v) is 5.45. The Bertz CT molecular complexity index is 224. The monoisotopic (exact) mass is 273 g/mol. The highest BCUT2D eigenvalue weighted by Crippen LogP contribution is 2.11. The Balaban J connectivity index is 3.27. The molecule has 0 saturated carbocycles. The van der Waals surface area contributed by atoms with E-state index in [4.69, 9.17) is 9.47 Å². The lowest BCUT2D eigenvalue weighted by molar-refractivity contribution is -0.145. The Hall–Kier alpha value is -0.860. The van der Waals surface area contributed by atoms with Crippen molar-refractivity contribution in [2.45, 2.75) is 12.6 Å². The molecule has 8 heteroatoms. The van der Waals surface area contributed by atoms with E-state index in [1.54, 1.807) is 7.11 Å². The summed E-state index contributed by atoms with van der Waals surface area (Å²) in [4.78, 5) is 11.0. The van der Waals surface area contributed by atoms with Gasteiger partial charge in [0.25, 0.3) is 0 Å². The van der Waals surface area contributed by atoms with E-state index >= 15 is 0 Å². The van der Waals surface area contributed by atoms with Crippen molar-refractivity contribution in [2.75, 3.05) is 46.6 Å². The minimum Gasteiger partial charge on any atom is -0.465 e. The SMILES string of the molecule is COCCOCCCOC(=O)CNCC(F)(F)F. The van der Waals surface area contributed by atoms with Gasteiger partial charge in [0, 0.05) is 20.1 Å². The first-order valence-electron chi connectivity index (χ1n) is 5.45. The molecule has 0 aliphatic rings. The predicted molar refractivity (Wildman–Crippen MR) is 57.2 cm³/mol. The van der Waals surface area contributed by atoms with Crippen LogP contribution in [0.25, 0.3) is 0 Å². The van der Waals surface area contributed by atoms with Crippen molar-refractivity contribution in [3.8, 4) is 0 Å². The molecule has 0 saturated heterocycles. The quantitative estimate of drug-likeness (QED) is 0.470. The number of hydrogen-bond acceptors (Lipinski definition) is 5. The summed E-state index contributed by atoms with van der Waals surface area (Å²) >= 11 is 0. The lowest BCUT2D eigenvalue weighted by Gasteiger charge is -2.08. The third-order valence-electron chi connectivity index (χ3n) is 1.72. The molecule has 108 valence electrons. The van der Waals surface area contributed by atoms with Crippen molar-refractivity contribution in [1.82, 2.24) is 5.32 Å². The van der Waals surface area contributed by atoms with E-state index in [2.05, 4.69) is 4.74 Å². The molecule has 1 N–H and O–H groups in total. The minimum absolute atomic E-state index is 0.125. The van der Waals surface area contributed by atoms with Crippen LogP contribution in [-0.4, -0.2) is 58.8 Å². The van der Waals surface area contributed by atoms with Gasteiger partial charge in [0.2, 0.25) is 0 Å². The van der Waals surface area contributed by atoms with Gasteiger partial charge in [-0.15, -0.1) is 0 Å². The van der Waals surface area contributed by atoms with E-state index in [1.807, 2.05) is 5.32 Å². The molecule has 0 amide bonds. The molecule has 0 fully saturated rings. The van der Waals surface area contributed by atoms with Crippen LogP contribution in [-0.2, 0) is 19.0 Å². The summed E-state index contributed by atoms with van der Waals surface area (Å²) in [5, 5.41) is 1.95. The molecule has 0 aliphatic heterocycles. The second kappa shape index (κ2) is 10.1. The van der Waals surface area contributed by atoms with Gasteiger partial charge in [0.1, 0.15) is 0 Å². The molecule has 0 aromatic rings. The van der Waals surface area contributed by atoms with Crippen LogP contribution in [0.2, 0.25) is 0 Å². The average molecular weight is 273 g/mol. The second-order valence-corrected chi connectivity index (χ2v) is 3.40. The highest BCUT2D eigenvalue weighted by Gasteiger charge is 2.26. The van der Waals surface area contributed by atoms with Gasteiger partial charge in [-0.05, 0) is 0 Å². The van der Waals surface area contributed by atoms with E-state index in [1.165, 1.54) is 0 Å². The van der Waals surface area contributed by atoms with Crippen LogP contribution in [0.15, 0.2) is 0 Å². The Labute approximate surface area is 104 Å². The van der Waals surface area contributed by atoms with Crippen molar-refractivity contribution in [2.24, 2.45) is 0 Å². The number of ether oxygens (including phenoxy) is 3. The van der Waals surface area contributed by atoms with Crippen molar-refractivity contribution >= 4 is 5.97 Å². The number of alkyl halides is 3. The lowest BCUT2D eigenvalue weighted by Crippen LogP contribution is -2.33. The van der Waals surface area contributed by atoms with Gasteiger partial charge in [0.15, 0.2) is 0 Å². The summed E-state index contributed by atoms with van der Waals surface area (Å²) in [6.45, 7) is -0.183. The summed E-state index contributed by atoms with van der Waals surface area (Å²) in [5.41, 5.74) is 0. The Morgan fingerprint density at radius 3 is 2.50 bits per heavy atom. The molecule has 0 bridgehead atoms. The van der Waals surface area contributed by atoms with Gasteiger partial charge >= 0.3 is 12.1 Å². The number of halogens is 3. The van der Waals surface area contributed by atoms with Gasteiger partial charge in [-0.1, -0.05) is 0 Å². The zero-order chi connectivity index (χ0) is 13.9. The minimum atomic E-state index is -4.32.